The second kappa shape index (κ2) is 9.11. The molecule has 1 amide bonds. The fourth-order valence-corrected chi connectivity index (χ4v) is 3.37. The average molecular weight is 454 g/mol. The summed E-state index contributed by atoms with van der Waals surface area (Å²) in [6, 6.07) is 11.3. The van der Waals surface area contributed by atoms with Crippen molar-refractivity contribution in [2.75, 3.05) is 12.4 Å². The van der Waals surface area contributed by atoms with E-state index in [4.69, 9.17) is 20.8 Å². The number of ether oxygens (including phenoxy) is 1. The van der Waals surface area contributed by atoms with E-state index in [0.717, 1.165) is 6.42 Å². The van der Waals surface area contributed by atoms with Crippen molar-refractivity contribution < 1.29 is 13.9 Å². The predicted molar refractivity (Wildman–Crippen MR) is 120 cm³/mol. The molecule has 32 heavy (non-hydrogen) atoms. The third-order valence-corrected chi connectivity index (χ3v) is 4.85. The number of aryl methyl sites for hydroxylation is 1. The topological polar surface area (TPSA) is 115 Å². The van der Waals surface area contributed by atoms with Gasteiger partial charge < -0.3 is 14.5 Å². The number of rotatable bonds is 7. The van der Waals surface area contributed by atoms with Crippen molar-refractivity contribution >= 4 is 23.3 Å². The number of aromatic nitrogens is 4. The Labute approximate surface area is 188 Å². The molecule has 10 heteroatoms. The second-order valence-electron chi connectivity index (χ2n) is 6.91. The summed E-state index contributed by atoms with van der Waals surface area (Å²) in [6.45, 7) is 2.00. The fraction of sp³-hybridized carbons (Fsp3) is 0.182. The standard InChI is InChI=1S/C22H20ClN5O4/c1-3-5-14-11-20(29)26-22(24-14)28-19(12-16(27-28)18-6-4-9-32-18)25-21(30)15-10-13(23)7-8-17(15)31-2/h4,6-12H,3,5H2,1-2H3,(H,25,30)(H,24,26,29). The molecule has 0 unspecified atom stereocenters. The van der Waals surface area contributed by atoms with Crippen molar-refractivity contribution in [1.82, 2.24) is 19.7 Å². The number of amides is 1. The van der Waals surface area contributed by atoms with Crippen LogP contribution in [0.3, 0.4) is 0 Å². The molecule has 0 aliphatic heterocycles. The molecule has 0 saturated heterocycles. The number of halogens is 1. The van der Waals surface area contributed by atoms with Crippen LogP contribution >= 0.6 is 11.6 Å². The number of carbonyl (C=O) groups excluding carboxylic acids is 1. The molecule has 3 heterocycles. The Morgan fingerprint density at radius 1 is 1.28 bits per heavy atom. The van der Waals surface area contributed by atoms with E-state index < -0.39 is 5.91 Å². The van der Waals surface area contributed by atoms with E-state index in [-0.39, 0.29) is 22.9 Å². The first-order chi connectivity index (χ1) is 15.5. The van der Waals surface area contributed by atoms with Gasteiger partial charge in [0, 0.05) is 22.8 Å². The van der Waals surface area contributed by atoms with Crippen molar-refractivity contribution in [2.24, 2.45) is 0 Å². The van der Waals surface area contributed by atoms with E-state index in [0.29, 0.717) is 34.3 Å². The van der Waals surface area contributed by atoms with Gasteiger partial charge in [0.1, 0.15) is 17.3 Å². The molecule has 0 fully saturated rings. The van der Waals surface area contributed by atoms with E-state index in [1.165, 1.54) is 30.2 Å². The van der Waals surface area contributed by atoms with Gasteiger partial charge in [0.2, 0.25) is 5.95 Å². The zero-order valence-corrected chi connectivity index (χ0v) is 18.1. The molecule has 164 valence electrons. The minimum atomic E-state index is -0.469. The molecule has 2 N–H and O–H groups in total. The summed E-state index contributed by atoms with van der Waals surface area (Å²) in [5.41, 5.74) is 0.998. The molecule has 0 radical (unpaired) electrons. The van der Waals surface area contributed by atoms with Crippen LogP contribution in [0, 0.1) is 0 Å². The largest absolute Gasteiger partial charge is 0.496 e. The fourth-order valence-electron chi connectivity index (χ4n) is 3.20. The number of methoxy groups -OCH3 is 1. The maximum absolute atomic E-state index is 13.1. The van der Waals surface area contributed by atoms with Gasteiger partial charge in [-0.05, 0) is 36.8 Å². The number of hydrogen-bond donors (Lipinski definition) is 2. The van der Waals surface area contributed by atoms with Crippen molar-refractivity contribution in [2.45, 2.75) is 19.8 Å². The predicted octanol–water partition coefficient (Wildman–Crippen LogP) is 4.08. The van der Waals surface area contributed by atoms with Gasteiger partial charge in [0.15, 0.2) is 5.76 Å². The van der Waals surface area contributed by atoms with E-state index >= 15 is 0 Å². The van der Waals surface area contributed by atoms with Crippen LogP contribution in [0.2, 0.25) is 5.02 Å². The van der Waals surface area contributed by atoms with Gasteiger partial charge in [0.25, 0.3) is 11.5 Å². The number of nitrogens with one attached hydrogen (secondary N) is 2. The first kappa shape index (κ1) is 21.4. The number of benzene rings is 1. The maximum atomic E-state index is 13.1. The molecule has 0 bridgehead atoms. The molecular weight excluding hydrogens is 434 g/mol. The summed E-state index contributed by atoms with van der Waals surface area (Å²) in [7, 11) is 1.47. The first-order valence-electron chi connectivity index (χ1n) is 9.88. The monoisotopic (exact) mass is 453 g/mol. The Bertz CT molecular complexity index is 1310. The van der Waals surface area contributed by atoms with Crippen LogP contribution in [0.1, 0.15) is 29.4 Å². The van der Waals surface area contributed by atoms with Gasteiger partial charge in [0.05, 0.1) is 18.9 Å². The summed E-state index contributed by atoms with van der Waals surface area (Å²) < 4.78 is 12.1. The molecule has 0 atom stereocenters. The van der Waals surface area contributed by atoms with Crippen LogP contribution in [0.5, 0.6) is 5.75 Å². The SMILES string of the molecule is CCCc1cc(=O)[nH]c(-n2nc(-c3ccco3)cc2NC(=O)c2cc(Cl)ccc2OC)n1. The Balaban J connectivity index is 1.79. The van der Waals surface area contributed by atoms with Crippen LogP contribution in [0.4, 0.5) is 5.82 Å². The molecule has 0 aliphatic carbocycles. The van der Waals surface area contributed by atoms with Crippen LogP contribution in [0.15, 0.2) is 57.9 Å². The number of aromatic amines is 1. The molecular formula is C22H20ClN5O4. The quantitative estimate of drug-likeness (QED) is 0.435. The Morgan fingerprint density at radius 3 is 2.84 bits per heavy atom. The van der Waals surface area contributed by atoms with Crippen molar-refractivity contribution in [3.05, 3.63) is 75.4 Å². The van der Waals surface area contributed by atoms with Crippen LogP contribution in [-0.4, -0.2) is 32.8 Å². The van der Waals surface area contributed by atoms with Gasteiger partial charge in [-0.15, -0.1) is 0 Å². The summed E-state index contributed by atoms with van der Waals surface area (Å²) >= 11 is 6.07. The highest BCUT2D eigenvalue weighted by Crippen LogP contribution is 2.27. The van der Waals surface area contributed by atoms with E-state index in [9.17, 15) is 9.59 Å². The van der Waals surface area contributed by atoms with Crippen LogP contribution < -0.4 is 15.6 Å². The molecule has 1 aromatic carbocycles. The van der Waals surface area contributed by atoms with Gasteiger partial charge in [-0.25, -0.2) is 4.98 Å². The summed E-state index contributed by atoms with van der Waals surface area (Å²) in [4.78, 5) is 32.4. The van der Waals surface area contributed by atoms with E-state index in [1.54, 1.807) is 30.3 Å². The lowest BCUT2D eigenvalue weighted by Gasteiger charge is -2.11. The molecule has 4 rings (SSSR count). The van der Waals surface area contributed by atoms with Crippen molar-refractivity contribution in [3.63, 3.8) is 0 Å². The highest BCUT2D eigenvalue weighted by molar-refractivity contribution is 6.31. The molecule has 0 spiro atoms. The highest BCUT2D eigenvalue weighted by atomic mass is 35.5. The number of carbonyl (C=O) groups is 1. The lowest BCUT2D eigenvalue weighted by molar-refractivity contribution is 0.102. The number of anilines is 1. The maximum Gasteiger partial charge on any atom is 0.260 e. The Kier molecular flexibility index (Phi) is 6.09. The summed E-state index contributed by atoms with van der Waals surface area (Å²) in [5, 5.41) is 7.68. The smallest absolute Gasteiger partial charge is 0.260 e. The van der Waals surface area contributed by atoms with Crippen LogP contribution in [0.25, 0.3) is 17.4 Å². The lowest BCUT2D eigenvalue weighted by Crippen LogP contribution is -2.19. The average Bonchev–Trinajstić information content (AvgIpc) is 3.43. The first-order valence-corrected chi connectivity index (χ1v) is 10.3. The minimum Gasteiger partial charge on any atom is -0.496 e. The number of hydrogen-bond acceptors (Lipinski definition) is 6. The van der Waals surface area contributed by atoms with Gasteiger partial charge >= 0.3 is 0 Å². The second-order valence-corrected chi connectivity index (χ2v) is 7.35. The zero-order valence-electron chi connectivity index (χ0n) is 17.4. The van der Waals surface area contributed by atoms with Gasteiger partial charge in [-0.3, -0.25) is 14.6 Å². The molecule has 9 nitrogen and oxygen atoms in total. The van der Waals surface area contributed by atoms with Crippen LogP contribution in [-0.2, 0) is 6.42 Å². The third kappa shape index (κ3) is 4.42. The Hall–Kier alpha value is -3.85. The van der Waals surface area contributed by atoms with E-state index in [2.05, 4.69) is 20.4 Å². The lowest BCUT2D eigenvalue weighted by atomic mass is 10.2. The third-order valence-electron chi connectivity index (χ3n) is 4.62. The zero-order chi connectivity index (χ0) is 22.7. The molecule has 4 aromatic rings. The number of furan rings is 1. The van der Waals surface area contributed by atoms with Gasteiger partial charge in [-0.1, -0.05) is 24.9 Å². The number of nitrogens with zero attached hydrogens (tertiary/aromatic N) is 3. The molecule has 0 aliphatic rings. The number of H-pyrrole nitrogens is 1. The van der Waals surface area contributed by atoms with Crippen molar-refractivity contribution in [3.8, 4) is 23.2 Å². The highest BCUT2D eigenvalue weighted by Gasteiger charge is 2.20. The van der Waals surface area contributed by atoms with E-state index in [1.807, 2.05) is 6.92 Å². The minimum absolute atomic E-state index is 0.173. The van der Waals surface area contributed by atoms with Crippen molar-refractivity contribution in [1.29, 1.82) is 0 Å². The molecule has 0 saturated carbocycles. The molecule has 3 aromatic heterocycles. The van der Waals surface area contributed by atoms with Gasteiger partial charge in [-0.2, -0.15) is 9.78 Å². The Morgan fingerprint density at radius 2 is 2.12 bits per heavy atom. The summed E-state index contributed by atoms with van der Waals surface area (Å²) in [6.07, 6.45) is 2.97. The normalized spacial score (nSPS) is 10.8. The summed E-state index contributed by atoms with van der Waals surface area (Å²) in [5.74, 6) is 0.836.